The van der Waals surface area contributed by atoms with Crippen molar-refractivity contribution in [1.29, 1.82) is 0 Å². The van der Waals surface area contributed by atoms with Gasteiger partial charge in [-0.3, -0.25) is 4.79 Å². The Labute approximate surface area is 70.3 Å². The minimum atomic E-state index is -0.334. The first-order valence-electron chi connectivity index (χ1n) is 3.05. The summed E-state index contributed by atoms with van der Waals surface area (Å²) in [7, 11) is 0. The predicted molar refractivity (Wildman–Crippen MR) is 44.4 cm³/mol. The van der Waals surface area contributed by atoms with Crippen molar-refractivity contribution in [2.75, 3.05) is 12.4 Å². The van der Waals surface area contributed by atoms with Gasteiger partial charge in [-0.1, -0.05) is 23.4 Å². The first-order valence-corrected chi connectivity index (χ1v) is 4.48. The Balaban J connectivity index is 3.21. The minimum Gasteiger partial charge on any atom is -0.362 e. The molecule has 0 saturated carbocycles. The predicted octanol–water partition coefficient (Wildman–Crippen LogP) is 1.87. The molecule has 2 nitrogen and oxygen atoms in total. The summed E-state index contributed by atoms with van der Waals surface area (Å²) in [5.41, 5.74) is -0.334. The van der Waals surface area contributed by atoms with Crippen LogP contribution in [-0.4, -0.2) is 23.0 Å². The van der Waals surface area contributed by atoms with Crippen LogP contribution in [-0.2, 0) is 9.53 Å². The van der Waals surface area contributed by atoms with Gasteiger partial charge in [-0.2, -0.15) is 0 Å². The lowest BCUT2D eigenvalue weighted by atomic mass is 10.8. The Bertz CT molecular complexity index is 108. The van der Waals surface area contributed by atoms with E-state index in [2.05, 4.69) is 0 Å². The van der Waals surface area contributed by atoms with Crippen LogP contribution < -0.4 is 0 Å². The lowest BCUT2D eigenvalue weighted by Gasteiger charge is -2.06. The van der Waals surface area contributed by atoms with Gasteiger partial charge in [-0.05, 0) is 6.92 Å². The molecule has 0 saturated heterocycles. The molecule has 0 amide bonds. The second kappa shape index (κ2) is 6.01. The molecule has 0 aromatic heterocycles. The average molecular weight is 183 g/mol. The lowest BCUT2D eigenvalue weighted by Crippen LogP contribution is -2.08. The van der Waals surface area contributed by atoms with Crippen molar-refractivity contribution in [2.24, 2.45) is 0 Å². The highest BCUT2D eigenvalue weighted by molar-refractivity contribution is 8.13. The van der Waals surface area contributed by atoms with E-state index in [9.17, 15) is 4.79 Å². The van der Waals surface area contributed by atoms with E-state index in [1.807, 2.05) is 6.92 Å². The van der Waals surface area contributed by atoms with Crippen LogP contribution in [0.2, 0.25) is 0 Å². The van der Waals surface area contributed by atoms with E-state index in [4.69, 9.17) is 16.3 Å². The third-order valence-corrected chi connectivity index (χ3v) is 2.10. The number of carbonyl (C=O) groups excluding carboxylic acids is 1. The average Bonchev–Trinajstić information content (AvgIpc) is 1.85. The van der Waals surface area contributed by atoms with Crippen molar-refractivity contribution in [1.82, 2.24) is 0 Å². The molecule has 10 heavy (non-hydrogen) atoms. The third kappa shape index (κ3) is 6.39. The first-order chi connectivity index (χ1) is 4.66. The molecule has 0 aliphatic carbocycles. The van der Waals surface area contributed by atoms with E-state index in [1.54, 1.807) is 0 Å². The SMILES string of the molecule is CCOC(Cl)CSC(C)=O. The number of alkyl halides is 1. The molecule has 0 fully saturated rings. The van der Waals surface area contributed by atoms with Crippen LogP contribution in [0.4, 0.5) is 0 Å². The Kier molecular flexibility index (Phi) is 6.17. The maximum Gasteiger partial charge on any atom is 0.185 e. The normalized spacial score (nSPS) is 13.1. The van der Waals surface area contributed by atoms with Crippen molar-refractivity contribution < 1.29 is 9.53 Å². The van der Waals surface area contributed by atoms with Gasteiger partial charge in [0.15, 0.2) is 5.12 Å². The molecule has 0 bridgehead atoms. The van der Waals surface area contributed by atoms with Crippen LogP contribution >= 0.6 is 23.4 Å². The molecule has 0 radical (unpaired) electrons. The van der Waals surface area contributed by atoms with E-state index in [0.29, 0.717) is 12.4 Å². The van der Waals surface area contributed by atoms with Gasteiger partial charge in [0.25, 0.3) is 0 Å². The largest absolute Gasteiger partial charge is 0.362 e. The van der Waals surface area contributed by atoms with Gasteiger partial charge in [-0.25, -0.2) is 0 Å². The van der Waals surface area contributed by atoms with Gasteiger partial charge >= 0.3 is 0 Å². The van der Waals surface area contributed by atoms with Gasteiger partial charge in [0.1, 0.15) is 5.56 Å². The van der Waals surface area contributed by atoms with Gasteiger partial charge in [0, 0.05) is 19.3 Å². The molecular formula is C6H11ClO2S. The second-order valence-electron chi connectivity index (χ2n) is 1.67. The second-order valence-corrected chi connectivity index (χ2v) is 3.35. The lowest BCUT2D eigenvalue weighted by molar-refractivity contribution is -0.109. The molecule has 1 atom stereocenters. The zero-order chi connectivity index (χ0) is 7.98. The van der Waals surface area contributed by atoms with Crippen molar-refractivity contribution in [3.8, 4) is 0 Å². The molecule has 0 heterocycles. The highest BCUT2D eigenvalue weighted by atomic mass is 35.5. The molecule has 60 valence electrons. The van der Waals surface area contributed by atoms with Gasteiger partial charge in [0.2, 0.25) is 0 Å². The molecule has 4 heteroatoms. The molecule has 0 aliphatic heterocycles. The Morgan fingerprint density at radius 3 is 2.80 bits per heavy atom. The fraction of sp³-hybridized carbons (Fsp3) is 0.833. The monoisotopic (exact) mass is 182 g/mol. The van der Waals surface area contributed by atoms with Crippen molar-refractivity contribution in [3.05, 3.63) is 0 Å². The van der Waals surface area contributed by atoms with E-state index in [1.165, 1.54) is 18.7 Å². The third-order valence-electron chi connectivity index (χ3n) is 0.765. The van der Waals surface area contributed by atoms with Crippen LogP contribution in [0.15, 0.2) is 0 Å². The number of hydrogen-bond donors (Lipinski definition) is 0. The summed E-state index contributed by atoms with van der Waals surface area (Å²) in [5.74, 6) is 0.532. The quantitative estimate of drug-likeness (QED) is 0.621. The standard InChI is InChI=1S/C6H11ClO2S/c1-3-9-6(7)4-10-5(2)8/h6H,3-4H2,1-2H3. The van der Waals surface area contributed by atoms with Crippen LogP contribution in [0.25, 0.3) is 0 Å². The van der Waals surface area contributed by atoms with E-state index in [0.717, 1.165) is 0 Å². The molecule has 0 aromatic rings. The Morgan fingerprint density at radius 1 is 1.80 bits per heavy atom. The zero-order valence-corrected chi connectivity index (χ0v) is 7.67. The number of halogens is 1. The molecule has 1 unspecified atom stereocenters. The summed E-state index contributed by atoms with van der Waals surface area (Å²) in [5, 5.41) is 0.0744. The Hall–Kier alpha value is 0.270. The summed E-state index contributed by atoms with van der Waals surface area (Å²) in [6.07, 6.45) is 0. The van der Waals surface area contributed by atoms with Crippen molar-refractivity contribution in [2.45, 2.75) is 19.4 Å². The summed E-state index contributed by atoms with van der Waals surface area (Å²) in [6, 6.07) is 0. The van der Waals surface area contributed by atoms with Crippen molar-refractivity contribution >= 4 is 28.5 Å². The fourth-order valence-corrected chi connectivity index (χ4v) is 1.19. The van der Waals surface area contributed by atoms with E-state index >= 15 is 0 Å². The number of carbonyl (C=O) groups is 1. The summed E-state index contributed by atoms with van der Waals surface area (Å²) >= 11 is 6.81. The maximum atomic E-state index is 10.4. The number of hydrogen-bond acceptors (Lipinski definition) is 3. The Morgan fingerprint density at radius 2 is 2.40 bits per heavy atom. The maximum absolute atomic E-state index is 10.4. The molecule has 0 rings (SSSR count). The highest BCUT2D eigenvalue weighted by Gasteiger charge is 2.04. The zero-order valence-electron chi connectivity index (χ0n) is 6.09. The smallest absolute Gasteiger partial charge is 0.185 e. The summed E-state index contributed by atoms with van der Waals surface area (Å²) in [6.45, 7) is 3.97. The minimum absolute atomic E-state index is 0.0744. The summed E-state index contributed by atoms with van der Waals surface area (Å²) in [4.78, 5) is 10.4. The first kappa shape index (κ1) is 10.3. The molecular weight excluding hydrogens is 172 g/mol. The van der Waals surface area contributed by atoms with Gasteiger partial charge in [-0.15, -0.1) is 0 Å². The van der Waals surface area contributed by atoms with Gasteiger partial charge in [0.05, 0.1) is 0 Å². The van der Waals surface area contributed by atoms with Crippen LogP contribution in [0.5, 0.6) is 0 Å². The van der Waals surface area contributed by atoms with E-state index in [-0.39, 0.29) is 10.7 Å². The highest BCUT2D eigenvalue weighted by Crippen LogP contribution is 2.09. The topological polar surface area (TPSA) is 26.3 Å². The molecule has 0 spiro atoms. The van der Waals surface area contributed by atoms with Gasteiger partial charge < -0.3 is 4.74 Å². The number of rotatable bonds is 4. The van der Waals surface area contributed by atoms with Crippen molar-refractivity contribution in [3.63, 3.8) is 0 Å². The molecule has 0 N–H and O–H groups in total. The number of ether oxygens (including phenoxy) is 1. The van der Waals surface area contributed by atoms with E-state index < -0.39 is 0 Å². The summed E-state index contributed by atoms with van der Waals surface area (Å²) < 4.78 is 4.98. The van der Waals surface area contributed by atoms with Crippen LogP contribution in [0.1, 0.15) is 13.8 Å². The molecule has 0 aliphatic rings. The fourth-order valence-electron chi connectivity index (χ4n) is 0.412. The van der Waals surface area contributed by atoms with Crippen LogP contribution in [0.3, 0.4) is 0 Å². The number of thioether (sulfide) groups is 1. The molecule has 0 aromatic carbocycles. The van der Waals surface area contributed by atoms with Crippen LogP contribution in [0, 0.1) is 0 Å².